The van der Waals surface area contributed by atoms with Gasteiger partial charge in [-0.15, -0.1) is 0 Å². The van der Waals surface area contributed by atoms with Crippen LogP contribution in [0.15, 0.2) is 0 Å². The molecule has 3 heteroatoms. The van der Waals surface area contributed by atoms with Crippen molar-refractivity contribution in [3.8, 4) is 0 Å². The molecule has 1 rings (SSSR count). The molecule has 0 radical (unpaired) electrons. The minimum Gasteiger partial charge on any atom is -0.359 e. The van der Waals surface area contributed by atoms with Crippen molar-refractivity contribution in [3.05, 3.63) is 0 Å². The summed E-state index contributed by atoms with van der Waals surface area (Å²) in [5, 5.41) is 7.85. The van der Waals surface area contributed by atoms with Gasteiger partial charge in [0.05, 0.1) is 5.84 Å². The third-order valence-corrected chi connectivity index (χ3v) is 2.59. The number of nitrogens with one attached hydrogen (secondary N) is 1. The first-order chi connectivity index (χ1) is 6.24. The Morgan fingerprint density at radius 2 is 2.00 bits per heavy atom. The second-order valence-electron chi connectivity index (χ2n) is 3.84. The van der Waals surface area contributed by atoms with Gasteiger partial charge in [-0.25, -0.2) is 0 Å². The van der Waals surface area contributed by atoms with Crippen LogP contribution in [0.25, 0.3) is 0 Å². The van der Waals surface area contributed by atoms with Gasteiger partial charge in [-0.05, 0) is 26.4 Å². The fourth-order valence-corrected chi connectivity index (χ4v) is 1.71. The largest absolute Gasteiger partial charge is 0.359 e. The molecule has 13 heavy (non-hydrogen) atoms. The van der Waals surface area contributed by atoms with Gasteiger partial charge in [-0.3, -0.25) is 5.41 Å². The van der Waals surface area contributed by atoms with Crippen LogP contribution >= 0.6 is 0 Å². The lowest BCUT2D eigenvalue weighted by Gasteiger charge is -2.22. The maximum atomic E-state index is 7.85. The van der Waals surface area contributed by atoms with Gasteiger partial charge in [0.2, 0.25) is 0 Å². The molecular formula is C10H21N3. The first-order valence-electron chi connectivity index (χ1n) is 5.25. The highest BCUT2D eigenvalue weighted by atomic mass is 15.2. The fourth-order valence-electron chi connectivity index (χ4n) is 1.71. The molecule has 1 saturated heterocycles. The third kappa shape index (κ3) is 3.35. The van der Waals surface area contributed by atoms with Crippen LogP contribution < -0.4 is 0 Å². The summed E-state index contributed by atoms with van der Waals surface area (Å²) < 4.78 is 0. The van der Waals surface area contributed by atoms with E-state index in [1.54, 1.807) is 0 Å². The molecule has 0 amide bonds. The maximum absolute atomic E-state index is 7.85. The van der Waals surface area contributed by atoms with Crippen LogP contribution in [0.4, 0.5) is 0 Å². The van der Waals surface area contributed by atoms with Crippen LogP contribution in [-0.4, -0.2) is 48.9 Å². The van der Waals surface area contributed by atoms with E-state index < -0.39 is 0 Å². The van der Waals surface area contributed by atoms with Crippen molar-refractivity contribution in [3.63, 3.8) is 0 Å². The van der Waals surface area contributed by atoms with Crippen molar-refractivity contribution in [2.75, 3.05) is 33.2 Å². The molecule has 0 unspecified atom stereocenters. The molecule has 1 aliphatic heterocycles. The van der Waals surface area contributed by atoms with E-state index in [4.69, 9.17) is 5.41 Å². The van der Waals surface area contributed by atoms with Crippen molar-refractivity contribution >= 4 is 5.84 Å². The number of hydrogen-bond donors (Lipinski definition) is 1. The smallest absolute Gasteiger partial charge is 0.0957 e. The fraction of sp³-hybridized carbons (Fsp3) is 0.900. The molecule has 1 aliphatic rings. The van der Waals surface area contributed by atoms with E-state index in [1.165, 1.54) is 13.0 Å². The minimum absolute atomic E-state index is 0.831. The average molecular weight is 183 g/mol. The zero-order chi connectivity index (χ0) is 9.68. The van der Waals surface area contributed by atoms with E-state index in [0.717, 1.165) is 38.3 Å². The molecule has 1 N–H and O–H groups in total. The summed E-state index contributed by atoms with van der Waals surface area (Å²) in [6, 6.07) is 0. The number of hydrogen-bond acceptors (Lipinski definition) is 2. The number of amidine groups is 1. The SMILES string of the molecule is CCCC(=N)N1CCCN(C)CC1. The molecule has 0 spiro atoms. The Labute approximate surface area is 81.2 Å². The van der Waals surface area contributed by atoms with E-state index >= 15 is 0 Å². The number of rotatable bonds is 2. The van der Waals surface area contributed by atoms with Crippen LogP contribution in [0.3, 0.4) is 0 Å². The van der Waals surface area contributed by atoms with Gasteiger partial charge in [0, 0.05) is 26.1 Å². The van der Waals surface area contributed by atoms with Gasteiger partial charge in [-0.1, -0.05) is 6.92 Å². The van der Waals surface area contributed by atoms with Crippen LogP contribution in [0.2, 0.25) is 0 Å². The van der Waals surface area contributed by atoms with Crippen LogP contribution in [0.1, 0.15) is 26.2 Å². The molecule has 0 aliphatic carbocycles. The number of nitrogens with zero attached hydrogens (tertiary/aromatic N) is 2. The quantitative estimate of drug-likeness (QED) is 0.518. The summed E-state index contributed by atoms with van der Waals surface area (Å²) in [5.41, 5.74) is 0. The molecule has 0 aromatic rings. The standard InChI is InChI=1S/C10H21N3/c1-3-5-10(11)13-7-4-6-12(2)8-9-13/h11H,3-9H2,1-2H3. The van der Waals surface area contributed by atoms with E-state index in [0.29, 0.717) is 0 Å². The molecular weight excluding hydrogens is 162 g/mol. The van der Waals surface area contributed by atoms with Crippen molar-refractivity contribution < 1.29 is 0 Å². The van der Waals surface area contributed by atoms with Gasteiger partial charge < -0.3 is 9.80 Å². The molecule has 0 aromatic carbocycles. The molecule has 1 fully saturated rings. The second kappa shape index (κ2) is 5.22. The summed E-state index contributed by atoms with van der Waals surface area (Å²) in [7, 11) is 2.16. The lowest BCUT2D eigenvalue weighted by molar-refractivity contribution is 0.344. The summed E-state index contributed by atoms with van der Waals surface area (Å²) in [6.07, 6.45) is 3.22. The topological polar surface area (TPSA) is 30.3 Å². The minimum atomic E-state index is 0.831. The second-order valence-corrected chi connectivity index (χ2v) is 3.84. The van der Waals surface area contributed by atoms with Gasteiger partial charge in [-0.2, -0.15) is 0 Å². The molecule has 0 atom stereocenters. The van der Waals surface area contributed by atoms with Crippen LogP contribution in [0.5, 0.6) is 0 Å². The maximum Gasteiger partial charge on any atom is 0.0957 e. The van der Waals surface area contributed by atoms with E-state index in [1.807, 2.05) is 0 Å². The lowest BCUT2D eigenvalue weighted by atomic mass is 10.3. The van der Waals surface area contributed by atoms with E-state index in [9.17, 15) is 0 Å². The molecule has 0 saturated carbocycles. The van der Waals surface area contributed by atoms with E-state index in [-0.39, 0.29) is 0 Å². The average Bonchev–Trinajstić information content (AvgIpc) is 2.30. The van der Waals surface area contributed by atoms with Gasteiger partial charge >= 0.3 is 0 Å². The normalized spacial score (nSPS) is 20.0. The highest BCUT2D eigenvalue weighted by Crippen LogP contribution is 2.04. The van der Waals surface area contributed by atoms with Crippen molar-refractivity contribution in [1.82, 2.24) is 9.80 Å². The Bertz CT molecular complexity index is 168. The zero-order valence-electron chi connectivity index (χ0n) is 8.84. The zero-order valence-corrected chi connectivity index (χ0v) is 8.84. The Morgan fingerprint density at radius 3 is 2.69 bits per heavy atom. The van der Waals surface area contributed by atoms with E-state index in [2.05, 4.69) is 23.8 Å². The molecule has 1 heterocycles. The number of likely N-dealkylation sites (N-methyl/N-ethyl adjacent to an activating group) is 1. The Hall–Kier alpha value is -0.570. The molecule has 0 aromatic heterocycles. The van der Waals surface area contributed by atoms with Crippen molar-refractivity contribution in [2.45, 2.75) is 26.2 Å². The van der Waals surface area contributed by atoms with Crippen molar-refractivity contribution in [1.29, 1.82) is 5.41 Å². The van der Waals surface area contributed by atoms with Gasteiger partial charge in [0.15, 0.2) is 0 Å². The molecule has 0 bridgehead atoms. The monoisotopic (exact) mass is 183 g/mol. The summed E-state index contributed by atoms with van der Waals surface area (Å²) in [4.78, 5) is 4.58. The Kier molecular flexibility index (Phi) is 4.22. The van der Waals surface area contributed by atoms with Gasteiger partial charge in [0.1, 0.15) is 0 Å². The van der Waals surface area contributed by atoms with Gasteiger partial charge in [0.25, 0.3) is 0 Å². The Morgan fingerprint density at radius 1 is 1.23 bits per heavy atom. The summed E-state index contributed by atoms with van der Waals surface area (Å²) in [6.45, 7) is 6.53. The predicted molar refractivity (Wildman–Crippen MR) is 56.3 cm³/mol. The highest BCUT2D eigenvalue weighted by Gasteiger charge is 2.13. The lowest BCUT2D eigenvalue weighted by Crippen LogP contribution is -2.33. The van der Waals surface area contributed by atoms with Crippen LogP contribution in [0, 0.1) is 5.41 Å². The summed E-state index contributed by atoms with van der Waals surface area (Å²) >= 11 is 0. The molecule has 76 valence electrons. The first kappa shape index (κ1) is 10.5. The van der Waals surface area contributed by atoms with Crippen LogP contribution in [-0.2, 0) is 0 Å². The van der Waals surface area contributed by atoms with Crippen molar-refractivity contribution in [2.24, 2.45) is 0 Å². The molecule has 3 nitrogen and oxygen atoms in total. The first-order valence-corrected chi connectivity index (χ1v) is 5.25. The highest BCUT2D eigenvalue weighted by molar-refractivity contribution is 5.79. The predicted octanol–water partition coefficient (Wildman–Crippen LogP) is 1.40. The third-order valence-electron chi connectivity index (χ3n) is 2.59. The summed E-state index contributed by atoms with van der Waals surface area (Å²) in [5.74, 6) is 0.831. The Balaban J connectivity index is 2.37.